The summed E-state index contributed by atoms with van der Waals surface area (Å²) in [6, 6.07) is 19.1. The summed E-state index contributed by atoms with van der Waals surface area (Å²) in [7, 11) is 0. The molecule has 0 bridgehead atoms. The van der Waals surface area contributed by atoms with E-state index in [1.165, 1.54) is 0 Å². The molecule has 0 amide bonds. The first-order chi connectivity index (χ1) is 14.0. The second-order valence-corrected chi connectivity index (χ2v) is 7.82. The molecule has 4 heteroatoms. The Morgan fingerprint density at radius 2 is 1.79 bits per heavy atom. The second kappa shape index (κ2) is 9.71. The van der Waals surface area contributed by atoms with Crippen molar-refractivity contribution in [3.63, 3.8) is 0 Å². The average Bonchev–Trinajstić information content (AvgIpc) is 2.72. The first-order valence-corrected chi connectivity index (χ1v) is 10.3. The zero-order chi connectivity index (χ0) is 20.8. The number of ether oxygens (including phenoxy) is 1. The van der Waals surface area contributed by atoms with Crippen LogP contribution in [0.25, 0.3) is 0 Å². The minimum Gasteiger partial charge on any atom is -0.426 e. The minimum atomic E-state index is -0.345. The number of hydrogen-bond acceptors (Lipinski definition) is 3. The molecule has 1 heterocycles. The quantitative estimate of drug-likeness (QED) is 0.337. The highest BCUT2D eigenvalue weighted by Crippen LogP contribution is 2.31. The number of para-hydroxylation sites is 1. The molecular weight excluding hydrogens is 382 g/mol. The van der Waals surface area contributed by atoms with E-state index in [0.29, 0.717) is 17.2 Å². The van der Waals surface area contributed by atoms with E-state index in [9.17, 15) is 4.79 Å². The van der Waals surface area contributed by atoms with Crippen LogP contribution >= 0.6 is 11.6 Å². The van der Waals surface area contributed by atoms with Crippen molar-refractivity contribution in [2.75, 3.05) is 0 Å². The van der Waals surface area contributed by atoms with Gasteiger partial charge in [0.05, 0.1) is 5.92 Å². The highest BCUT2D eigenvalue weighted by atomic mass is 35.5. The fourth-order valence-electron chi connectivity index (χ4n) is 3.41. The summed E-state index contributed by atoms with van der Waals surface area (Å²) in [5, 5.41) is 0.654. The van der Waals surface area contributed by atoms with Gasteiger partial charge in [0.1, 0.15) is 5.75 Å². The molecule has 29 heavy (non-hydrogen) atoms. The van der Waals surface area contributed by atoms with Gasteiger partial charge in [-0.25, -0.2) is 0 Å². The minimum absolute atomic E-state index is 0.147. The maximum atomic E-state index is 13.2. The van der Waals surface area contributed by atoms with Crippen LogP contribution in [0, 0.1) is 12.8 Å². The van der Waals surface area contributed by atoms with Crippen LogP contribution in [0.2, 0.25) is 5.02 Å². The third kappa shape index (κ3) is 5.24. The zero-order valence-electron chi connectivity index (χ0n) is 17.1. The molecule has 0 saturated carbocycles. The molecular formula is C25H26ClNO2. The molecule has 2 aromatic carbocycles. The Balaban J connectivity index is 1.87. The van der Waals surface area contributed by atoms with E-state index in [0.717, 1.165) is 28.8 Å². The van der Waals surface area contributed by atoms with Crippen molar-refractivity contribution >= 4 is 17.6 Å². The van der Waals surface area contributed by atoms with Crippen molar-refractivity contribution in [2.24, 2.45) is 5.92 Å². The van der Waals surface area contributed by atoms with Crippen molar-refractivity contribution in [2.45, 2.75) is 39.5 Å². The molecule has 2 atom stereocenters. The fraction of sp³-hybridized carbons (Fsp3) is 0.280. The van der Waals surface area contributed by atoms with Gasteiger partial charge in [0.15, 0.2) is 0 Å². The molecule has 3 aromatic rings. The number of halogens is 1. The van der Waals surface area contributed by atoms with Crippen LogP contribution in [-0.4, -0.2) is 11.0 Å². The summed E-state index contributed by atoms with van der Waals surface area (Å²) < 4.78 is 5.93. The predicted octanol–water partition coefficient (Wildman–Crippen LogP) is 6.37. The monoisotopic (exact) mass is 407 g/mol. The number of aromatic nitrogens is 1. The molecule has 0 radical (unpaired) electrons. The third-order valence-electron chi connectivity index (χ3n) is 5.35. The molecule has 0 spiro atoms. The smallest absolute Gasteiger partial charge is 0.319 e. The highest BCUT2D eigenvalue weighted by molar-refractivity contribution is 6.30. The molecule has 2 unspecified atom stereocenters. The predicted molar refractivity (Wildman–Crippen MR) is 118 cm³/mol. The van der Waals surface area contributed by atoms with Gasteiger partial charge in [0.25, 0.3) is 0 Å². The number of hydrogen-bond donors (Lipinski definition) is 0. The van der Waals surface area contributed by atoms with E-state index in [1.54, 1.807) is 6.20 Å². The molecule has 0 fully saturated rings. The van der Waals surface area contributed by atoms with E-state index in [2.05, 4.69) is 18.8 Å². The molecule has 0 aliphatic rings. The lowest BCUT2D eigenvalue weighted by molar-refractivity contribution is -0.137. The number of pyridine rings is 1. The first-order valence-electron chi connectivity index (χ1n) is 9.95. The second-order valence-electron chi connectivity index (χ2n) is 7.39. The van der Waals surface area contributed by atoms with Gasteiger partial charge in [-0.15, -0.1) is 0 Å². The Labute approximate surface area is 177 Å². The van der Waals surface area contributed by atoms with Gasteiger partial charge in [-0.1, -0.05) is 68.3 Å². The van der Waals surface area contributed by atoms with Crippen LogP contribution < -0.4 is 4.74 Å². The number of esters is 1. The van der Waals surface area contributed by atoms with Crippen LogP contribution in [-0.2, 0) is 11.2 Å². The number of aryl methyl sites for hydroxylation is 1. The number of benzene rings is 2. The van der Waals surface area contributed by atoms with Gasteiger partial charge < -0.3 is 4.74 Å². The number of nitrogens with zero attached hydrogens (tertiary/aromatic N) is 1. The van der Waals surface area contributed by atoms with Gasteiger partial charge in [-0.05, 0) is 48.2 Å². The van der Waals surface area contributed by atoms with Crippen LogP contribution in [0.4, 0.5) is 0 Å². The third-order valence-corrected chi connectivity index (χ3v) is 5.61. The summed E-state index contributed by atoms with van der Waals surface area (Å²) in [5.74, 6) is 0.146. The zero-order valence-corrected chi connectivity index (χ0v) is 17.8. The summed E-state index contributed by atoms with van der Waals surface area (Å²) in [5.41, 5.74) is 3.97. The normalized spacial score (nSPS) is 13.0. The lowest BCUT2D eigenvalue weighted by Gasteiger charge is -2.22. The van der Waals surface area contributed by atoms with Crippen LogP contribution in [0.1, 0.15) is 48.6 Å². The lowest BCUT2D eigenvalue weighted by atomic mass is 9.85. The maximum absolute atomic E-state index is 13.2. The molecule has 0 N–H and O–H groups in total. The Morgan fingerprint density at radius 3 is 2.48 bits per heavy atom. The van der Waals surface area contributed by atoms with Gasteiger partial charge in [0.2, 0.25) is 0 Å². The SMILES string of the molecule is CCC(C)C(C(=O)Oc1ccccc1Cc1ncccc1C)c1ccc(Cl)cc1. The Hall–Kier alpha value is -2.65. The highest BCUT2D eigenvalue weighted by Gasteiger charge is 2.28. The van der Waals surface area contributed by atoms with Gasteiger partial charge in [-0.3, -0.25) is 9.78 Å². The first kappa shape index (κ1) is 21.1. The standard InChI is InChI=1S/C25H26ClNO2/c1-4-17(2)24(19-11-13-21(26)14-12-19)25(28)29-23-10-6-5-9-20(23)16-22-18(3)8-7-15-27-22/h5-15,17,24H,4,16H2,1-3H3. The lowest BCUT2D eigenvalue weighted by Crippen LogP contribution is -2.24. The van der Waals surface area contributed by atoms with Gasteiger partial charge in [0, 0.05) is 28.9 Å². The van der Waals surface area contributed by atoms with Crippen LogP contribution in [0.3, 0.4) is 0 Å². The molecule has 150 valence electrons. The molecule has 1 aromatic heterocycles. The Morgan fingerprint density at radius 1 is 1.07 bits per heavy atom. The Bertz CT molecular complexity index is 969. The Kier molecular flexibility index (Phi) is 7.05. The molecule has 0 aliphatic heterocycles. The van der Waals surface area contributed by atoms with Crippen molar-refractivity contribution in [1.29, 1.82) is 0 Å². The summed E-state index contributed by atoms with van der Waals surface area (Å²) in [6.45, 7) is 6.19. The number of carbonyl (C=O) groups is 1. The van der Waals surface area contributed by atoms with E-state index in [1.807, 2.05) is 67.6 Å². The van der Waals surface area contributed by atoms with Crippen molar-refractivity contribution < 1.29 is 9.53 Å². The fourth-order valence-corrected chi connectivity index (χ4v) is 3.53. The topological polar surface area (TPSA) is 39.2 Å². The van der Waals surface area contributed by atoms with E-state index < -0.39 is 0 Å². The van der Waals surface area contributed by atoms with E-state index in [4.69, 9.17) is 16.3 Å². The van der Waals surface area contributed by atoms with E-state index in [-0.39, 0.29) is 17.8 Å². The molecule has 0 aliphatic carbocycles. The summed E-state index contributed by atoms with van der Waals surface area (Å²) >= 11 is 6.03. The van der Waals surface area contributed by atoms with Crippen LogP contribution in [0.5, 0.6) is 5.75 Å². The number of carbonyl (C=O) groups excluding carboxylic acids is 1. The largest absolute Gasteiger partial charge is 0.426 e. The van der Waals surface area contributed by atoms with Crippen molar-refractivity contribution in [3.8, 4) is 5.75 Å². The van der Waals surface area contributed by atoms with Gasteiger partial charge in [-0.2, -0.15) is 0 Å². The summed E-state index contributed by atoms with van der Waals surface area (Å²) in [6.07, 6.45) is 3.28. The van der Waals surface area contributed by atoms with Crippen molar-refractivity contribution in [3.05, 3.63) is 94.3 Å². The van der Waals surface area contributed by atoms with Crippen LogP contribution in [0.15, 0.2) is 66.9 Å². The molecule has 3 nitrogen and oxygen atoms in total. The average molecular weight is 408 g/mol. The molecule has 3 rings (SSSR count). The maximum Gasteiger partial charge on any atom is 0.319 e. The summed E-state index contributed by atoms with van der Waals surface area (Å²) in [4.78, 5) is 17.7. The van der Waals surface area contributed by atoms with Crippen molar-refractivity contribution in [1.82, 2.24) is 4.98 Å². The van der Waals surface area contributed by atoms with Gasteiger partial charge >= 0.3 is 5.97 Å². The van der Waals surface area contributed by atoms with E-state index >= 15 is 0 Å². The molecule has 0 saturated heterocycles. The number of rotatable bonds is 7.